The van der Waals surface area contributed by atoms with Gasteiger partial charge in [0.25, 0.3) is 5.91 Å². The van der Waals surface area contributed by atoms with Crippen LogP contribution in [0.3, 0.4) is 0 Å². The summed E-state index contributed by atoms with van der Waals surface area (Å²) < 4.78 is 4.93. The van der Waals surface area contributed by atoms with Crippen molar-refractivity contribution in [1.82, 2.24) is 20.6 Å². The summed E-state index contributed by atoms with van der Waals surface area (Å²) in [6.07, 6.45) is 1.12. The number of carbonyl (C=O) groups excluding carboxylic acids is 1. The molecule has 0 fully saturated rings. The van der Waals surface area contributed by atoms with E-state index in [4.69, 9.17) is 4.52 Å². The number of anilines is 3. The van der Waals surface area contributed by atoms with Crippen molar-refractivity contribution in [2.45, 2.75) is 6.92 Å². The highest BCUT2D eigenvalue weighted by atomic mass is 16.6. The van der Waals surface area contributed by atoms with Gasteiger partial charge in [-0.05, 0) is 23.8 Å². The van der Waals surface area contributed by atoms with Crippen molar-refractivity contribution in [2.75, 3.05) is 10.7 Å². The van der Waals surface area contributed by atoms with Crippen LogP contribution in [0.25, 0.3) is 10.8 Å². The first kappa shape index (κ1) is 18.8. The Morgan fingerprint density at radius 2 is 1.87 bits per heavy atom. The Kier molecular flexibility index (Phi) is 4.91. The fourth-order valence-electron chi connectivity index (χ4n) is 2.89. The molecule has 4 rings (SSSR count). The SMILES string of the molecule is Cc1cc(Nc2ncnc(NNC(=O)c3cccc4ccccc34)c2[N+](=O)[O-])no1. The van der Waals surface area contributed by atoms with Crippen molar-refractivity contribution in [2.24, 2.45) is 0 Å². The van der Waals surface area contributed by atoms with Crippen molar-refractivity contribution in [3.05, 3.63) is 76.3 Å². The van der Waals surface area contributed by atoms with Gasteiger partial charge in [-0.25, -0.2) is 9.97 Å². The molecule has 0 aliphatic heterocycles. The second-order valence-corrected chi connectivity index (χ2v) is 6.23. The average Bonchev–Trinajstić information content (AvgIpc) is 3.16. The van der Waals surface area contributed by atoms with Gasteiger partial charge < -0.3 is 9.84 Å². The van der Waals surface area contributed by atoms with Crippen LogP contribution in [0, 0.1) is 17.0 Å². The molecule has 2 heterocycles. The fraction of sp³-hybridized carbons (Fsp3) is 0.0526. The zero-order valence-corrected chi connectivity index (χ0v) is 15.6. The zero-order valence-electron chi connectivity index (χ0n) is 15.6. The van der Waals surface area contributed by atoms with Crippen LogP contribution in [0.1, 0.15) is 16.1 Å². The van der Waals surface area contributed by atoms with Crippen LogP contribution >= 0.6 is 0 Å². The Hall–Kier alpha value is -4.54. The number of carbonyl (C=O) groups is 1. The molecule has 11 nitrogen and oxygen atoms in total. The lowest BCUT2D eigenvalue weighted by molar-refractivity contribution is -0.383. The largest absolute Gasteiger partial charge is 0.360 e. The third kappa shape index (κ3) is 3.71. The minimum Gasteiger partial charge on any atom is -0.360 e. The van der Waals surface area contributed by atoms with E-state index < -0.39 is 16.5 Å². The van der Waals surface area contributed by atoms with Gasteiger partial charge in [-0.15, -0.1) is 0 Å². The molecule has 0 radical (unpaired) electrons. The number of nitro groups is 1. The van der Waals surface area contributed by atoms with Crippen LogP contribution in [0.15, 0.2) is 59.4 Å². The van der Waals surface area contributed by atoms with Crippen LogP contribution in [0.5, 0.6) is 0 Å². The lowest BCUT2D eigenvalue weighted by Gasteiger charge is -2.11. The molecule has 0 unspecified atom stereocenters. The zero-order chi connectivity index (χ0) is 21.1. The summed E-state index contributed by atoms with van der Waals surface area (Å²) in [5, 5.41) is 19.7. The lowest BCUT2D eigenvalue weighted by atomic mass is 10.0. The van der Waals surface area contributed by atoms with E-state index in [9.17, 15) is 14.9 Å². The molecule has 0 aliphatic rings. The summed E-state index contributed by atoms with van der Waals surface area (Å²) in [6.45, 7) is 1.68. The normalized spacial score (nSPS) is 10.6. The van der Waals surface area contributed by atoms with Crippen LogP contribution in [-0.4, -0.2) is 26.0 Å². The molecule has 0 bridgehead atoms. The minimum absolute atomic E-state index is 0.106. The number of rotatable bonds is 6. The van der Waals surface area contributed by atoms with E-state index in [1.807, 2.05) is 30.3 Å². The minimum atomic E-state index is -0.665. The molecule has 2 aromatic carbocycles. The van der Waals surface area contributed by atoms with E-state index in [1.165, 1.54) is 0 Å². The first-order valence-corrected chi connectivity index (χ1v) is 8.77. The molecule has 0 saturated heterocycles. The average molecular weight is 405 g/mol. The van der Waals surface area contributed by atoms with Gasteiger partial charge in [0, 0.05) is 11.6 Å². The van der Waals surface area contributed by atoms with Gasteiger partial charge in [-0.1, -0.05) is 41.6 Å². The number of benzene rings is 2. The highest BCUT2D eigenvalue weighted by molar-refractivity contribution is 6.07. The van der Waals surface area contributed by atoms with E-state index in [0.717, 1.165) is 17.1 Å². The summed E-state index contributed by atoms with van der Waals surface area (Å²) >= 11 is 0. The smallest absolute Gasteiger partial charge is 0.355 e. The second kappa shape index (κ2) is 7.83. The molecule has 0 atom stereocenters. The van der Waals surface area contributed by atoms with E-state index in [1.54, 1.807) is 25.1 Å². The maximum absolute atomic E-state index is 12.7. The van der Waals surface area contributed by atoms with E-state index in [0.29, 0.717) is 11.3 Å². The molecule has 30 heavy (non-hydrogen) atoms. The summed E-state index contributed by atoms with van der Waals surface area (Å²) in [5.74, 6) is 0.00723. The maximum Gasteiger partial charge on any atom is 0.355 e. The number of hydrogen-bond acceptors (Lipinski definition) is 9. The quantitative estimate of drug-likeness (QED) is 0.324. The van der Waals surface area contributed by atoms with E-state index in [-0.39, 0.29) is 17.5 Å². The van der Waals surface area contributed by atoms with Crippen LogP contribution in [0.4, 0.5) is 23.1 Å². The Bertz CT molecular complexity index is 1250. The first-order valence-electron chi connectivity index (χ1n) is 8.77. The predicted molar refractivity (Wildman–Crippen MR) is 108 cm³/mol. The predicted octanol–water partition coefficient (Wildman–Crippen LogP) is 3.33. The number of nitrogens with one attached hydrogen (secondary N) is 3. The van der Waals surface area contributed by atoms with Crippen molar-refractivity contribution in [1.29, 1.82) is 0 Å². The van der Waals surface area contributed by atoms with Gasteiger partial charge in [0.05, 0.1) is 4.92 Å². The third-order valence-corrected chi connectivity index (χ3v) is 4.21. The monoisotopic (exact) mass is 405 g/mol. The number of fused-ring (bicyclic) bond motifs is 1. The molecule has 3 N–H and O–H groups in total. The molecule has 0 aliphatic carbocycles. The maximum atomic E-state index is 12.7. The summed E-state index contributed by atoms with van der Waals surface area (Å²) in [6, 6.07) is 14.3. The fourth-order valence-corrected chi connectivity index (χ4v) is 2.89. The Morgan fingerprint density at radius 3 is 2.63 bits per heavy atom. The summed E-state index contributed by atoms with van der Waals surface area (Å²) in [4.78, 5) is 31.4. The van der Waals surface area contributed by atoms with E-state index >= 15 is 0 Å². The van der Waals surface area contributed by atoms with Gasteiger partial charge in [0.15, 0.2) is 5.82 Å². The molecular formula is C19H15N7O4. The van der Waals surface area contributed by atoms with Crippen LogP contribution in [-0.2, 0) is 0 Å². The van der Waals surface area contributed by atoms with E-state index in [2.05, 4.69) is 31.3 Å². The molecule has 1 amide bonds. The van der Waals surface area contributed by atoms with Gasteiger partial charge in [-0.3, -0.25) is 25.8 Å². The molecule has 11 heteroatoms. The van der Waals surface area contributed by atoms with Gasteiger partial charge in [0.2, 0.25) is 11.6 Å². The molecule has 2 aromatic heterocycles. The first-order chi connectivity index (χ1) is 14.5. The van der Waals surface area contributed by atoms with Gasteiger partial charge in [-0.2, -0.15) is 0 Å². The van der Waals surface area contributed by atoms with Crippen LogP contribution in [0.2, 0.25) is 0 Å². The van der Waals surface area contributed by atoms with Gasteiger partial charge in [0.1, 0.15) is 12.1 Å². The van der Waals surface area contributed by atoms with Crippen molar-refractivity contribution >= 4 is 39.8 Å². The summed E-state index contributed by atoms with van der Waals surface area (Å²) in [7, 11) is 0. The molecule has 0 spiro atoms. The molecular weight excluding hydrogens is 390 g/mol. The molecule has 0 saturated carbocycles. The third-order valence-electron chi connectivity index (χ3n) is 4.21. The molecule has 150 valence electrons. The number of aromatic nitrogens is 3. The number of hydrazine groups is 1. The highest BCUT2D eigenvalue weighted by Crippen LogP contribution is 2.30. The van der Waals surface area contributed by atoms with Gasteiger partial charge >= 0.3 is 5.69 Å². The number of aryl methyl sites for hydroxylation is 1. The Morgan fingerprint density at radius 1 is 1.10 bits per heavy atom. The van der Waals surface area contributed by atoms with Crippen LogP contribution < -0.4 is 16.2 Å². The number of nitrogens with zero attached hydrogens (tertiary/aromatic N) is 4. The molecule has 4 aromatic rings. The number of hydrogen-bond donors (Lipinski definition) is 3. The number of amides is 1. The van der Waals surface area contributed by atoms with Crippen molar-refractivity contribution in [3.63, 3.8) is 0 Å². The Labute approximate surface area is 169 Å². The Balaban J connectivity index is 1.59. The topological polar surface area (TPSA) is 148 Å². The lowest BCUT2D eigenvalue weighted by Crippen LogP contribution is -2.30. The van der Waals surface area contributed by atoms with Crippen molar-refractivity contribution in [3.8, 4) is 0 Å². The van der Waals surface area contributed by atoms with Crippen molar-refractivity contribution < 1.29 is 14.2 Å². The highest BCUT2D eigenvalue weighted by Gasteiger charge is 2.24. The standard InChI is InChI=1S/C19H15N7O4/c1-11-9-15(25-30-11)22-17-16(26(28)29)18(21-10-20-17)23-24-19(27)14-8-4-6-12-5-2-3-7-13(12)14/h2-10H,1H3,(H,24,27)(H2,20,21,22,23,25). The summed E-state index contributed by atoms with van der Waals surface area (Å²) in [5.41, 5.74) is 4.91. The second-order valence-electron chi connectivity index (χ2n) is 6.23.